The van der Waals surface area contributed by atoms with Gasteiger partial charge in [0.05, 0.1) is 12.4 Å². The number of amides is 1. The van der Waals surface area contributed by atoms with E-state index in [9.17, 15) is 9.90 Å². The van der Waals surface area contributed by atoms with E-state index in [0.29, 0.717) is 12.2 Å². The molecular weight excluding hydrogens is 444 g/mol. The van der Waals surface area contributed by atoms with Gasteiger partial charge >= 0.3 is 0 Å². The van der Waals surface area contributed by atoms with Crippen LogP contribution in [0.15, 0.2) is 41.4 Å². The van der Waals surface area contributed by atoms with E-state index in [-0.39, 0.29) is 16.6 Å². The number of carbonyl (C=O) groups excluding carboxylic acids is 1. The van der Waals surface area contributed by atoms with E-state index in [1.165, 1.54) is 32.1 Å². The van der Waals surface area contributed by atoms with Gasteiger partial charge in [0.1, 0.15) is 11.5 Å². The molecule has 180 valence electrons. The monoisotopic (exact) mass is 478 g/mol. The number of benzene rings is 2. The van der Waals surface area contributed by atoms with Crippen LogP contribution in [0.1, 0.15) is 63.0 Å². The van der Waals surface area contributed by atoms with E-state index in [4.69, 9.17) is 4.74 Å². The van der Waals surface area contributed by atoms with Crippen LogP contribution in [-0.2, 0) is 16.6 Å². The van der Waals surface area contributed by atoms with Crippen molar-refractivity contribution >= 4 is 22.8 Å². The molecule has 5 nitrogen and oxygen atoms in total. The maximum Gasteiger partial charge on any atom is 0.262 e. The first-order valence-electron chi connectivity index (χ1n) is 12.5. The van der Waals surface area contributed by atoms with Gasteiger partial charge in [0, 0.05) is 24.2 Å². The summed E-state index contributed by atoms with van der Waals surface area (Å²) in [6.07, 6.45) is 8.86. The number of carbonyl (C=O) groups is 1. The summed E-state index contributed by atoms with van der Waals surface area (Å²) in [7, 11) is 1.69. The van der Waals surface area contributed by atoms with E-state index in [1.54, 1.807) is 18.9 Å². The molecule has 6 heteroatoms. The van der Waals surface area contributed by atoms with Crippen molar-refractivity contribution in [3.05, 3.63) is 47.5 Å². The van der Waals surface area contributed by atoms with Crippen molar-refractivity contribution in [3.8, 4) is 22.6 Å². The van der Waals surface area contributed by atoms with Crippen LogP contribution >= 0.6 is 11.8 Å². The van der Waals surface area contributed by atoms with Crippen molar-refractivity contribution in [2.45, 2.75) is 69.0 Å². The lowest BCUT2D eigenvalue weighted by Crippen LogP contribution is -2.25. The molecule has 0 spiro atoms. The average molecular weight is 479 g/mol. The quantitative estimate of drug-likeness (QED) is 0.577. The molecule has 1 N–H and O–H groups in total. The van der Waals surface area contributed by atoms with E-state index < -0.39 is 0 Å². The smallest absolute Gasteiger partial charge is 0.262 e. The van der Waals surface area contributed by atoms with Crippen LogP contribution in [0.5, 0.6) is 11.5 Å². The zero-order chi connectivity index (χ0) is 23.7. The molecule has 2 aliphatic heterocycles. The van der Waals surface area contributed by atoms with Crippen molar-refractivity contribution in [1.29, 1.82) is 0 Å². The summed E-state index contributed by atoms with van der Waals surface area (Å²) < 4.78 is 5.71. The lowest BCUT2D eigenvalue weighted by Gasteiger charge is -2.35. The Balaban J connectivity index is 1.41. The normalized spacial score (nSPS) is 22.2. The first kappa shape index (κ1) is 23.3. The van der Waals surface area contributed by atoms with Crippen LogP contribution in [0.2, 0.25) is 0 Å². The molecule has 2 heterocycles. The van der Waals surface area contributed by atoms with Crippen molar-refractivity contribution < 1.29 is 14.6 Å². The fourth-order valence-corrected chi connectivity index (χ4v) is 6.82. The zero-order valence-electron chi connectivity index (χ0n) is 20.2. The summed E-state index contributed by atoms with van der Waals surface area (Å²) in [6.45, 7) is 4.28. The largest absolute Gasteiger partial charge is 0.508 e. The number of methoxy groups -OCH3 is 1. The third kappa shape index (κ3) is 4.57. The van der Waals surface area contributed by atoms with Gasteiger partial charge in [-0.2, -0.15) is 4.99 Å². The predicted molar refractivity (Wildman–Crippen MR) is 139 cm³/mol. The summed E-state index contributed by atoms with van der Waals surface area (Å²) in [5, 5.41) is 11.4. The number of ether oxygens (including phenoxy) is 1. The van der Waals surface area contributed by atoms with Crippen LogP contribution in [-0.4, -0.2) is 46.5 Å². The fraction of sp³-hybridized carbons (Fsp3) is 0.500. The molecule has 1 unspecified atom stereocenters. The Hall–Kier alpha value is -2.47. The minimum atomic E-state index is -0.173. The molecule has 0 aromatic heterocycles. The van der Waals surface area contributed by atoms with Gasteiger partial charge in [0.25, 0.3) is 5.91 Å². The van der Waals surface area contributed by atoms with Crippen LogP contribution in [0.4, 0.5) is 0 Å². The Morgan fingerprint density at radius 2 is 1.85 bits per heavy atom. The molecule has 34 heavy (non-hydrogen) atoms. The second-order valence-electron chi connectivity index (χ2n) is 10.1. The molecule has 1 atom stereocenters. The SMILES string of the molecule is COc1ccc(CC2SC(N3CCCC3)=NC2=O)cc1-c1ccc(O)c(C2(C)CCCCC2)c1. The third-order valence-electron chi connectivity index (χ3n) is 7.71. The van der Waals surface area contributed by atoms with Gasteiger partial charge < -0.3 is 14.7 Å². The number of phenols is 1. The number of likely N-dealkylation sites (tertiary alicyclic amines) is 1. The fourth-order valence-electron chi connectivity index (χ4n) is 5.66. The highest BCUT2D eigenvalue weighted by Crippen LogP contribution is 2.45. The summed E-state index contributed by atoms with van der Waals surface area (Å²) in [6, 6.07) is 12.1. The van der Waals surface area contributed by atoms with Crippen molar-refractivity contribution in [3.63, 3.8) is 0 Å². The molecule has 2 aromatic rings. The van der Waals surface area contributed by atoms with Gasteiger partial charge in [-0.15, -0.1) is 0 Å². The minimum absolute atomic E-state index is 0.000588. The molecular formula is C28H34N2O3S. The maximum absolute atomic E-state index is 12.6. The van der Waals surface area contributed by atoms with Gasteiger partial charge in [-0.1, -0.05) is 50.1 Å². The molecule has 2 fully saturated rings. The number of thioether (sulfide) groups is 1. The Bertz CT molecular complexity index is 1100. The van der Waals surface area contributed by atoms with Crippen molar-refractivity contribution in [2.24, 2.45) is 4.99 Å². The molecule has 1 amide bonds. The molecule has 0 radical (unpaired) electrons. The Labute approximate surface area is 206 Å². The van der Waals surface area contributed by atoms with E-state index in [0.717, 1.165) is 59.1 Å². The van der Waals surface area contributed by atoms with Crippen LogP contribution < -0.4 is 4.74 Å². The highest BCUT2D eigenvalue weighted by molar-refractivity contribution is 8.15. The summed E-state index contributed by atoms with van der Waals surface area (Å²) in [4.78, 5) is 19.2. The number of nitrogens with zero attached hydrogens (tertiary/aromatic N) is 2. The average Bonchev–Trinajstić information content (AvgIpc) is 3.50. The highest BCUT2D eigenvalue weighted by atomic mass is 32.2. The molecule has 5 rings (SSSR count). The predicted octanol–water partition coefficient (Wildman–Crippen LogP) is 5.93. The number of rotatable bonds is 5. The van der Waals surface area contributed by atoms with Gasteiger partial charge in [0.15, 0.2) is 5.17 Å². The van der Waals surface area contributed by atoms with E-state index in [1.807, 2.05) is 24.3 Å². The minimum Gasteiger partial charge on any atom is -0.508 e. The zero-order valence-corrected chi connectivity index (χ0v) is 21.0. The number of aromatic hydroxyl groups is 1. The van der Waals surface area contributed by atoms with Crippen molar-refractivity contribution in [2.75, 3.05) is 20.2 Å². The lowest BCUT2D eigenvalue weighted by atomic mass is 9.70. The van der Waals surface area contributed by atoms with Crippen LogP contribution in [0.3, 0.4) is 0 Å². The Kier molecular flexibility index (Phi) is 6.61. The number of amidine groups is 1. The molecule has 2 aromatic carbocycles. The van der Waals surface area contributed by atoms with E-state index >= 15 is 0 Å². The second kappa shape index (κ2) is 9.65. The first-order valence-corrected chi connectivity index (χ1v) is 13.4. The highest BCUT2D eigenvalue weighted by Gasteiger charge is 2.33. The number of hydrogen-bond acceptors (Lipinski definition) is 5. The third-order valence-corrected chi connectivity index (χ3v) is 8.92. The molecule has 1 saturated heterocycles. The Morgan fingerprint density at radius 3 is 2.59 bits per heavy atom. The van der Waals surface area contributed by atoms with Crippen LogP contribution in [0.25, 0.3) is 11.1 Å². The maximum atomic E-state index is 12.6. The van der Waals surface area contributed by atoms with Gasteiger partial charge in [0.2, 0.25) is 0 Å². The summed E-state index contributed by atoms with van der Waals surface area (Å²) in [5.41, 5.74) is 4.16. The first-order chi connectivity index (χ1) is 16.5. The Morgan fingerprint density at radius 1 is 1.09 bits per heavy atom. The van der Waals surface area contributed by atoms with Gasteiger partial charge in [-0.25, -0.2) is 0 Å². The standard InChI is InChI=1S/C28H34N2O3S/c1-28(12-4-3-5-13-28)22-18-20(9-10-23(22)31)21-16-19(8-11-24(21)33-2)17-25-26(32)29-27(34-25)30-14-6-7-15-30/h8-11,16,18,25,31H,3-7,12-15,17H2,1-2H3. The topological polar surface area (TPSA) is 62.1 Å². The van der Waals surface area contributed by atoms with Crippen molar-refractivity contribution in [1.82, 2.24) is 4.90 Å². The lowest BCUT2D eigenvalue weighted by molar-refractivity contribution is -0.117. The van der Waals surface area contributed by atoms with Crippen LogP contribution in [0, 0.1) is 0 Å². The molecule has 0 bridgehead atoms. The number of hydrogen-bond donors (Lipinski definition) is 1. The molecule has 3 aliphatic rings. The molecule has 1 aliphatic carbocycles. The summed E-state index contributed by atoms with van der Waals surface area (Å²) >= 11 is 1.61. The van der Waals surface area contributed by atoms with Gasteiger partial charge in [-0.3, -0.25) is 4.79 Å². The van der Waals surface area contributed by atoms with E-state index in [2.05, 4.69) is 28.9 Å². The number of aliphatic imine (C=N–C) groups is 1. The summed E-state index contributed by atoms with van der Waals surface area (Å²) in [5.74, 6) is 1.15. The second-order valence-corrected chi connectivity index (χ2v) is 11.3. The number of phenolic OH excluding ortho intramolecular Hbond substituents is 1. The van der Waals surface area contributed by atoms with Gasteiger partial charge in [-0.05, 0) is 72.9 Å². The molecule has 1 saturated carbocycles.